The van der Waals surface area contributed by atoms with Crippen LogP contribution >= 0.6 is 33.9 Å². The highest BCUT2D eigenvalue weighted by atomic mass is 127. The zero-order valence-electron chi connectivity index (χ0n) is 20.4. The third-order valence-electron chi connectivity index (χ3n) is 6.42. The molecule has 2 unspecified atom stereocenters. The number of pyridine rings is 1. The number of hydrogen-bond donors (Lipinski definition) is 1. The average Bonchev–Trinajstić information content (AvgIpc) is 3.32. The van der Waals surface area contributed by atoms with Crippen LogP contribution in [0.3, 0.4) is 0 Å². The number of fused-ring (bicyclic) bond motifs is 1. The molecule has 0 radical (unpaired) electrons. The van der Waals surface area contributed by atoms with E-state index in [0.29, 0.717) is 20.9 Å². The molecule has 0 bridgehead atoms. The Balaban J connectivity index is 1.77. The molecular weight excluding hydrogens is 617 g/mol. The van der Waals surface area contributed by atoms with Crippen LogP contribution < -0.4 is 5.43 Å². The number of aromatic hydroxyl groups is 1. The van der Waals surface area contributed by atoms with Gasteiger partial charge in [0, 0.05) is 67.3 Å². The van der Waals surface area contributed by atoms with Crippen molar-refractivity contribution < 1.29 is 23.5 Å². The number of hydrogen-bond acceptors (Lipinski definition) is 6. The third-order valence-corrected chi connectivity index (χ3v) is 8.72. The highest BCUT2D eigenvalue weighted by Gasteiger charge is 2.37. The SMILES string of the molecule is CC(=O)N(C)CC1CN(C(C)CI)C(=O)c2c(O)c(=O)c(-c3ncc(Cc4ccc(F)cc4F)s3)cn21. The molecule has 3 heterocycles. The van der Waals surface area contributed by atoms with Crippen molar-refractivity contribution >= 4 is 45.7 Å². The average molecular weight is 642 g/mol. The Morgan fingerprint density at radius 3 is 2.73 bits per heavy atom. The van der Waals surface area contributed by atoms with Crippen molar-refractivity contribution in [3.8, 4) is 16.3 Å². The summed E-state index contributed by atoms with van der Waals surface area (Å²) in [6.07, 6.45) is 3.15. The number of thiazole rings is 1. The number of likely N-dealkylation sites (N-methyl/N-ethyl adjacent to an activating group) is 1. The molecule has 1 aromatic carbocycles. The maximum atomic E-state index is 14.1. The van der Waals surface area contributed by atoms with Gasteiger partial charge in [0.1, 0.15) is 16.6 Å². The Hall–Kier alpha value is -2.87. The fraction of sp³-hybridized carbons (Fsp3) is 0.360. The van der Waals surface area contributed by atoms with Crippen molar-refractivity contribution in [2.75, 3.05) is 24.6 Å². The first kappa shape index (κ1) is 27.2. The number of nitrogens with zero attached hydrogens (tertiary/aromatic N) is 4. The van der Waals surface area contributed by atoms with E-state index in [1.54, 1.807) is 16.5 Å². The van der Waals surface area contributed by atoms with E-state index >= 15 is 0 Å². The highest BCUT2D eigenvalue weighted by Crippen LogP contribution is 2.33. The van der Waals surface area contributed by atoms with E-state index in [1.807, 2.05) is 6.92 Å². The molecule has 1 aliphatic heterocycles. The number of carbonyl (C=O) groups excluding carboxylic acids is 2. The molecule has 1 aliphatic rings. The molecule has 8 nitrogen and oxygen atoms in total. The van der Waals surface area contributed by atoms with E-state index in [4.69, 9.17) is 0 Å². The zero-order valence-corrected chi connectivity index (χ0v) is 23.3. The predicted octanol–water partition coefficient (Wildman–Crippen LogP) is 3.85. The molecule has 0 fully saturated rings. The van der Waals surface area contributed by atoms with Crippen LogP contribution in [0.4, 0.5) is 8.78 Å². The van der Waals surface area contributed by atoms with Crippen LogP contribution in [0, 0.1) is 11.6 Å². The van der Waals surface area contributed by atoms with Crippen molar-refractivity contribution in [3.63, 3.8) is 0 Å². The monoisotopic (exact) mass is 642 g/mol. The molecule has 37 heavy (non-hydrogen) atoms. The number of aromatic nitrogens is 2. The fourth-order valence-corrected chi connectivity index (χ4v) is 5.64. The lowest BCUT2D eigenvalue weighted by atomic mass is 10.1. The highest BCUT2D eigenvalue weighted by molar-refractivity contribution is 14.1. The quantitative estimate of drug-likeness (QED) is 0.312. The van der Waals surface area contributed by atoms with E-state index in [1.165, 1.54) is 36.4 Å². The Morgan fingerprint density at radius 2 is 2.08 bits per heavy atom. The van der Waals surface area contributed by atoms with Gasteiger partial charge >= 0.3 is 0 Å². The van der Waals surface area contributed by atoms with Gasteiger partial charge in [-0.25, -0.2) is 13.8 Å². The molecule has 0 saturated carbocycles. The molecule has 0 spiro atoms. The van der Waals surface area contributed by atoms with Crippen molar-refractivity contribution in [3.05, 3.63) is 68.6 Å². The van der Waals surface area contributed by atoms with Crippen LogP contribution in [0.15, 0.2) is 35.4 Å². The van der Waals surface area contributed by atoms with Gasteiger partial charge in [0.05, 0.1) is 11.6 Å². The summed E-state index contributed by atoms with van der Waals surface area (Å²) in [5.41, 5.74) is -0.486. The van der Waals surface area contributed by atoms with Gasteiger partial charge in [0.15, 0.2) is 11.4 Å². The molecule has 0 saturated heterocycles. The molecule has 4 rings (SSSR count). The molecule has 3 aromatic rings. The number of halogens is 3. The molecule has 2 aromatic heterocycles. The van der Waals surface area contributed by atoms with Crippen LogP contribution in [0.5, 0.6) is 5.75 Å². The van der Waals surface area contributed by atoms with Crippen LogP contribution in [0.1, 0.15) is 40.8 Å². The Morgan fingerprint density at radius 1 is 1.35 bits per heavy atom. The van der Waals surface area contributed by atoms with Crippen LogP contribution in [0.25, 0.3) is 10.6 Å². The number of alkyl halides is 1. The van der Waals surface area contributed by atoms with Crippen molar-refractivity contribution in [1.29, 1.82) is 0 Å². The Labute approximate surface area is 229 Å². The topological polar surface area (TPSA) is 95.7 Å². The van der Waals surface area contributed by atoms with E-state index in [2.05, 4.69) is 27.6 Å². The lowest BCUT2D eigenvalue weighted by molar-refractivity contribution is -0.128. The van der Waals surface area contributed by atoms with Gasteiger partial charge in [-0.3, -0.25) is 14.4 Å². The van der Waals surface area contributed by atoms with Gasteiger partial charge in [-0.15, -0.1) is 11.3 Å². The van der Waals surface area contributed by atoms with Gasteiger partial charge in [0.25, 0.3) is 5.91 Å². The minimum Gasteiger partial charge on any atom is -0.503 e. The summed E-state index contributed by atoms with van der Waals surface area (Å²) < 4.78 is 29.6. The molecule has 2 amide bonds. The summed E-state index contributed by atoms with van der Waals surface area (Å²) in [5, 5.41) is 11.2. The minimum absolute atomic E-state index is 0.0933. The Kier molecular flexibility index (Phi) is 7.97. The molecule has 12 heteroatoms. The van der Waals surface area contributed by atoms with Crippen molar-refractivity contribution in [2.24, 2.45) is 0 Å². The summed E-state index contributed by atoms with van der Waals surface area (Å²) in [4.78, 5) is 46.5. The maximum absolute atomic E-state index is 14.1. The van der Waals surface area contributed by atoms with Gasteiger partial charge in [-0.1, -0.05) is 28.7 Å². The normalized spacial score (nSPS) is 16.0. The van der Waals surface area contributed by atoms with E-state index in [9.17, 15) is 28.3 Å². The van der Waals surface area contributed by atoms with Crippen LogP contribution in [-0.2, 0) is 11.2 Å². The van der Waals surface area contributed by atoms with Gasteiger partial charge < -0.3 is 19.5 Å². The van der Waals surface area contributed by atoms with E-state index in [0.717, 1.165) is 17.4 Å². The fourth-order valence-electron chi connectivity index (χ4n) is 4.23. The maximum Gasteiger partial charge on any atom is 0.274 e. The lowest BCUT2D eigenvalue weighted by Crippen LogP contribution is -2.51. The second kappa shape index (κ2) is 10.9. The molecule has 2 atom stereocenters. The van der Waals surface area contributed by atoms with Crippen LogP contribution in [-0.4, -0.2) is 66.9 Å². The zero-order chi connectivity index (χ0) is 27.0. The van der Waals surface area contributed by atoms with Crippen LogP contribution in [0.2, 0.25) is 0 Å². The van der Waals surface area contributed by atoms with Gasteiger partial charge in [-0.05, 0) is 18.6 Å². The first-order chi connectivity index (χ1) is 17.5. The second-order valence-corrected chi connectivity index (χ2v) is 11.0. The summed E-state index contributed by atoms with van der Waals surface area (Å²) in [7, 11) is 1.65. The van der Waals surface area contributed by atoms with Crippen molar-refractivity contribution in [1.82, 2.24) is 19.4 Å². The van der Waals surface area contributed by atoms with Crippen molar-refractivity contribution in [2.45, 2.75) is 32.4 Å². The second-order valence-electron chi connectivity index (χ2n) is 9.03. The minimum atomic E-state index is -0.740. The first-order valence-electron chi connectivity index (χ1n) is 11.5. The lowest BCUT2D eigenvalue weighted by Gasteiger charge is -2.40. The third kappa shape index (κ3) is 5.40. The molecule has 196 valence electrons. The number of amides is 2. The molecule has 1 N–H and O–H groups in total. The number of benzene rings is 1. The number of rotatable bonds is 7. The van der Waals surface area contributed by atoms with Gasteiger partial charge in [-0.2, -0.15) is 0 Å². The smallest absolute Gasteiger partial charge is 0.274 e. The largest absolute Gasteiger partial charge is 0.503 e. The first-order valence-corrected chi connectivity index (χ1v) is 13.8. The Bertz CT molecular complexity index is 1430. The predicted molar refractivity (Wildman–Crippen MR) is 144 cm³/mol. The van der Waals surface area contributed by atoms with Gasteiger partial charge in [0.2, 0.25) is 11.3 Å². The van der Waals surface area contributed by atoms with E-state index in [-0.39, 0.29) is 41.7 Å². The summed E-state index contributed by atoms with van der Waals surface area (Å²) in [6, 6.07) is 2.78. The summed E-state index contributed by atoms with van der Waals surface area (Å²) in [6.45, 7) is 3.88. The summed E-state index contributed by atoms with van der Waals surface area (Å²) >= 11 is 3.31. The van der Waals surface area contributed by atoms with E-state index < -0.39 is 34.8 Å². The molecular formula is C25H25F2IN4O4S. The molecule has 0 aliphatic carbocycles. The summed E-state index contributed by atoms with van der Waals surface area (Å²) in [5.74, 6) is -2.64. The number of carbonyl (C=O) groups is 2. The standard InChI is InChI=1S/C25H25F2IN4O4S/c1-13(8-28)31-11-17(10-30(3)14(2)33)32-12-19(22(34)23(35)21(32)25(31)36)24-29-9-18(37-24)6-15-4-5-16(26)7-20(15)27/h4-5,7,9,12-13,17,35H,6,8,10-11H2,1-3H3.